The zero-order valence-electron chi connectivity index (χ0n) is 10.9. The number of sulfonamides is 1. The van der Waals surface area contributed by atoms with Crippen LogP contribution < -0.4 is 9.46 Å². The van der Waals surface area contributed by atoms with Gasteiger partial charge in [0.25, 0.3) is 0 Å². The number of rotatable bonds is 6. The Kier molecular flexibility index (Phi) is 5.47. The summed E-state index contributed by atoms with van der Waals surface area (Å²) in [6.45, 7) is 0.335. The van der Waals surface area contributed by atoms with Crippen molar-refractivity contribution in [1.29, 1.82) is 0 Å². The number of hydrogen-bond donors (Lipinski definition) is 1. The Morgan fingerprint density at radius 1 is 1.00 bits per heavy atom. The lowest BCUT2D eigenvalue weighted by atomic mass is 10.3. The van der Waals surface area contributed by atoms with Crippen molar-refractivity contribution in [3.63, 3.8) is 0 Å². The van der Waals surface area contributed by atoms with Gasteiger partial charge in [-0.1, -0.05) is 35.3 Å². The second kappa shape index (κ2) is 7.13. The van der Waals surface area contributed by atoms with Crippen LogP contribution in [0.1, 0.15) is 0 Å². The van der Waals surface area contributed by atoms with E-state index in [-0.39, 0.29) is 23.1 Å². The normalized spacial score (nSPS) is 11.3. The molecule has 0 radical (unpaired) electrons. The summed E-state index contributed by atoms with van der Waals surface area (Å²) in [4.78, 5) is 0.0539. The van der Waals surface area contributed by atoms with Gasteiger partial charge in [-0.25, -0.2) is 13.1 Å². The summed E-state index contributed by atoms with van der Waals surface area (Å²) in [5.41, 5.74) is 0. The van der Waals surface area contributed by atoms with Crippen molar-refractivity contribution in [2.45, 2.75) is 4.90 Å². The first-order valence-corrected chi connectivity index (χ1v) is 8.35. The van der Waals surface area contributed by atoms with Crippen LogP contribution in [0.2, 0.25) is 10.0 Å². The van der Waals surface area contributed by atoms with E-state index >= 15 is 0 Å². The molecule has 2 aromatic carbocycles. The predicted octanol–water partition coefficient (Wildman–Crippen LogP) is 3.35. The van der Waals surface area contributed by atoms with Crippen LogP contribution in [0.3, 0.4) is 0 Å². The minimum Gasteiger partial charge on any atom is -0.492 e. The van der Waals surface area contributed by atoms with Crippen LogP contribution in [0.25, 0.3) is 0 Å². The maximum atomic E-state index is 12.0. The summed E-state index contributed by atoms with van der Waals surface area (Å²) >= 11 is 11.6. The van der Waals surface area contributed by atoms with Crippen LogP contribution in [0.15, 0.2) is 53.4 Å². The lowest BCUT2D eigenvalue weighted by Crippen LogP contribution is -2.28. The van der Waals surface area contributed by atoms with Crippen molar-refractivity contribution in [3.05, 3.63) is 58.6 Å². The molecule has 112 valence electrons. The van der Waals surface area contributed by atoms with Crippen molar-refractivity contribution < 1.29 is 13.2 Å². The first kappa shape index (κ1) is 16.1. The molecule has 0 bridgehead atoms. The fourth-order valence-electron chi connectivity index (χ4n) is 1.62. The third kappa shape index (κ3) is 4.61. The summed E-state index contributed by atoms with van der Waals surface area (Å²) in [5.74, 6) is 0.622. The summed E-state index contributed by atoms with van der Waals surface area (Å²) in [6, 6.07) is 13.1. The van der Waals surface area contributed by atoms with Crippen molar-refractivity contribution in [3.8, 4) is 5.75 Å². The van der Waals surface area contributed by atoms with E-state index in [1.165, 1.54) is 12.1 Å². The lowest BCUT2D eigenvalue weighted by molar-refractivity contribution is 0.323. The molecular weight excluding hydrogens is 333 g/mol. The van der Waals surface area contributed by atoms with Crippen molar-refractivity contribution in [1.82, 2.24) is 4.72 Å². The van der Waals surface area contributed by atoms with E-state index in [0.29, 0.717) is 10.8 Å². The van der Waals surface area contributed by atoms with Gasteiger partial charge >= 0.3 is 0 Å². The minimum atomic E-state index is -3.64. The third-order valence-electron chi connectivity index (χ3n) is 2.60. The first-order valence-electron chi connectivity index (χ1n) is 6.11. The number of nitrogens with one attached hydrogen (secondary N) is 1. The Hall–Kier alpha value is -1.27. The number of benzene rings is 2. The Morgan fingerprint density at radius 2 is 1.67 bits per heavy atom. The summed E-state index contributed by atoms with van der Waals surface area (Å²) in [6.07, 6.45) is 0. The van der Waals surface area contributed by atoms with E-state index < -0.39 is 10.0 Å². The van der Waals surface area contributed by atoms with Crippen LogP contribution in [0.4, 0.5) is 0 Å². The zero-order valence-corrected chi connectivity index (χ0v) is 13.3. The van der Waals surface area contributed by atoms with Gasteiger partial charge in [0.2, 0.25) is 10.0 Å². The zero-order chi connectivity index (χ0) is 15.3. The van der Waals surface area contributed by atoms with Gasteiger partial charge < -0.3 is 4.74 Å². The molecule has 0 saturated carbocycles. The van der Waals surface area contributed by atoms with E-state index in [2.05, 4.69) is 4.72 Å². The Labute approximate surface area is 133 Å². The summed E-state index contributed by atoms with van der Waals surface area (Å²) in [7, 11) is -3.64. The Morgan fingerprint density at radius 3 is 2.33 bits per heavy atom. The second-order valence-electron chi connectivity index (χ2n) is 4.13. The third-order valence-corrected chi connectivity index (χ3v) is 4.82. The van der Waals surface area contributed by atoms with Gasteiger partial charge in [0.1, 0.15) is 17.3 Å². The highest BCUT2D eigenvalue weighted by atomic mass is 35.5. The highest BCUT2D eigenvalue weighted by Crippen LogP contribution is 2.20. The maximum absolute atomic E-state index is 12.0. The fourth-order valence-corrected chi connectivity index (χ4v) is 3.27. The molecule has 0 aliphatic rings. The molecule has 0 fully saturated rings. The molecule has 1 N–H and O–H groups in total. The Bertz CT molecular complexity index is 702. The lowest BCUT2D eigenvalue weighted by Gasteiger charge is -2.09. The van der Waals surface area contributed by atoms with E-state index in [1.54, 1.807) is 36.4 Å². The molecule has 2 rings (SSSR count). The largest absolute Gasteiger partial charge is 0.492 e. The van der Waals surface area contributed by atoms with Crippen molar-refractivity contribution in [2.24, 2.45) is 0 Å². The van der Waals surface area contributed by atoms with E-state index in [1.807, 2.05) is 0 Å². The molecule has 0 unspecified atom stereocenters. The van der Waals surface area contributed by atoms with Gasteiger partial charge in [0.15, 0.2) is 0 Å². The smallest absolute Gasteiger partial charge is 0.242 e. The summed E-state index contributed by atoms with van der Waals surface area (Å²) in [5, 5.41) is 0.797. The molecule has 21 heavy (non-hydrogen) atoms. The van der Waals surface area contributed by atoms with Gasteiger partial charge in [-0.3, -0.25) is 0 Å². The van der Waals surface area contributed by atoms with Gasteiger partial charge in [-0.2, -0.15) is 0 Å². The molecule has 0 aromatic heterocycles. The molecule has 7 heteroatoms. The SMILES string of the molecule is O=S(=O)(NCCOc1ccc(Cl)cc1)c1ccccc1Cl. The quantitative estimate of drug-likeness (QED) is 0.816. The molecule has 0 aliphatic carbocycles. The fraction of sp³-hybridized carbons (Fsp3) is 0.143. The van der Waals surface area contributed by atoms with E-state index in [0.717, 1.165) is 0 Å². The predicted molar refractivity (Wildman–Crippen MR) is 83.6 cm³/mol. The standard InChI is InChI=1S/C14H13Cl2NO3S/c15-11-5-7-12(8-6-11)20-10-9-17-21(18,19)14-4-2-1-3-13(14)16/h1-8,17H,9-10H2. The summed E-state index contributed by atoms with van der Waals surface area (Å²) < 4.78 is 31.9. The van der Waals surface area contributed by atoms with E-state index in [4.69, 9.17) is 27.9 Å². The average Bonchev–Trinajstić information content (AvgIpc) is 2.46. The number of hydrogen-bond acceptors (Lipinski definition) is 3. The topological polar surface area (TPSA) is 55.4 Å². The molecule has 0 spiro atoms. The molecule has 0 aliphatic heterocycles. The van der Waals surface area contributed by atoms with Gasteiger partial charge in [0.05, 0.1) is 5.02 Å². The molecule has 0 heterocycles. The molecule has 0 atom stereocenters. The molecule has 0 amide bonds. The highest BCUT2D eigenvalue weighted by Gasteiger charge is 2.16. The monoisotopic (exact) mass is 345 g/mol. The van der Waals surface area contributed by atoms with Crippen LogP contribution in [0, 0.1) is 0 Å². The van der Waals surface area contributed by atoms with Crippen LogP contribution >= 0.6 is 23.2 Å². The number of ether oxygens (including phenoxy) is 1. The van der Waals surface area contributed by atoms with Gasteiger partial charge in [-0.15, -0.1) is 0 Å². The highest BCUT2D eigenvalue weighted by molar-refractivity contribution is 7.89. The van der Waals surface area contributed by atoms with Crippen LogP contribution in [-0.2, 0) is 10.0 Å². The average molecular weight is 346 g/mol. The Balaban J connectivity index is 1.88. The molecule has 0 saturated heterocycles. The maximum Gasteiger partial charge on any atom is 0.242 e. The van der Waals surface area contributed by atoms with Crippen LogP contribution in [0.5, 0.6) is 5.75 Å². The van der Waals surface area contributed by atoms with Crippen LogP contribution in [-0.4, -0.2) is 21.6 Å². The second-order valence-corrected chi connectivity index (χ2v) is 6.71. The first-order chi connectivity index (χ1) is 9.99. The van der Waals surface area contributed by atoms with Crippen molar-refractivity contribution >= 4 is 33.2 Å². The minimum absolute atomic E-state index is 0.0539. The molecular formula is C14H13Cl2NO3S. The van der Waals surface area contributed by atoms with Gasteiger partial charge in [-0.05, 0) is 36.4 Å². The molecule has 2 aromatic rings. The molecule has 4 nitrogen and oxygen atoms in total. The van der Waals surface area contributed by atoms with Crippen molar-refractivity contribution in [2.75, 3.05) is 13.2 Å². The number of halogens is 2. The van der Waals surface area contributed by atoms with E-state index in [9.17, 15) is 8.42 Å². The van der Waals surface area contributed by atoms with Gasteiger partial charge in [0, 0.05) is 11.6 Å².